The summed E-state index contributed by atoms with van der Waals surface area (Å²) in [6.45, 7) is 5.14. The van der Waals surface area contributed by atoms with Crippen LogP contribution in [0.4, 0.5) is 5.95 Å². The van der Waals surface area contributed by atoms with E-state index >= 15 is 0 Å². The molecule has 3 N–H and O–H groups in total. The van der Waals surface area contributed by atoms with Gasteiger partial charge in [0.15, 0.2) is 0 Å². The molecule has 1 atom stereocenters. The number of carbonyl (C=O) groups is 2. The molecular formula is C15H24N6O2. The molecular weight excluding hydrogens is 296 g/mol. The van der Waals surface area contributed by atoms with E-state index < -0.39 is 0 Å². The number of piperazine rings is 1. The van der Waals surface area contributed by atoms with Gasteiger partial charge in [-0.05, 0) is 6.07 Å². The predicted octanol–water partition coefficient (Wildman–Crippen LogP) is -0.774. The molecule has 0 aromatic carbocycles. The zero-order valence-electron chi connectivity index (χ0n) is 13.4. The monoisotopic (exact) mass is 320 g/mol. The molecule has 8 nitrogen and oxygen atoms in total. The van der Waals surface area contributed by atoms with Crippen molar-refractivity contribution in [1.29, 1.82) is 0 Å². The number of hydrogen-bond acceptors (Lipinski definition) is 6. The van der Waals surface area contributed by atoms with E-state index in [0.29, 0.717) is 51.6 Å². The van der Waals surface area contributed by atoms with E-state index in [1.54, 1.807) is 25.4 Å². The summed E-state index contributed by atoms with van der Waals surface area (Å²) < 4.78 is 0. The summed E-state index contributed by atoms with van der Waals surface area (Å²) in [5, 5.41) is 2.74. The van der Waals surface area contributed by atoms with Crippen LogP contribution in [0.1, 0.15) is 13.3 Å². The van der Waals surface area contributed by atoms with Crippen LogP contribution in [0.5, 0.6) is 0 Å². The first-order valence-electron chi connectivity index (χ1n) is 7.89. The smallest absolute Gasteiger partial charge is 0.225 e. The Kier molecular flexibility index (Phi) is 6.28. The molecule has 0 spiro atoms. The molecule has 0 radical (unpaired) electrons. The van der Waals surface area contributed by atoms with Crippen LogP contribution in [0.3, 0.4) is 0 Å². The minimum atomic E-state index is -0.223. The maximum atomic E-state index is 12.2. The number of aromatic nitrogens is 2. The summed E-state index contributed by atoms with van der Waals surface area (Å²) in [5.74, 6) is 0.424. The number of carbonyl (C=O) groups excluding carboxylic acids is 2. The van der Waals surface area contributed by atoms with E-state index in [1.807, 2.05) is 4.90 Å². The quantitative estimate of drug-likeness (QED) is 0.713. The summed E-state index contributed by atoms with van der Waals surface area (Å²) in [6.07, 6.45) is 3.74. The summed E-state index contributed by atoms with van der Waals surface area (Å²) in [4.78, 5) is 36.1. The van der Waals surface area contributed by atoms with Crippen molar-refractivity contribution < 1.29 is 9.59 Å². The Hall–Kier alpha value is -2.22. The molecule has 1 aliphatic rings. The third kappa shape index (κ3) is 4.88. The molecule has 2 heterocycles. The molecule has 1 unspecified atom stereocenters. The lowest BCUT2D eigenvalue weighted by atomic mass is 10.1. The number of rotatable bonds is 6. The van der Waals surface area contributed by atoms with Crippen molar-refractivity contribution in [3.05, 3.63) is 18.5 Å². The van der Waals surface area contributed by atoms with Crippen molar-refractivity contribution in [3.8, 4) is 0 Å². The van der Waals surface area contributed by atoms with Crippen LogP contribution >= 0.6 is 0 Å². The van der Waals surface area contributed by atoms with E-state index in [2.05, 4.69) is 20.2 Å². The summed E-state index contributed by atoms with van der Waals surface area (Å²) >= 11 is 0. The number of hydrogen-bond donors (Lipinski definition) is 2. The van der Waals surface area contributed by atoms with Crippen molar-refractivity contribution in [2.45, 2.75) is 13.3 Å². The Labute approximate surface area is 136 Å². The van der Waals surface area contributed by atoms with E-state index in [0.717, 1.165) is 0 Å². The summed E-state index contributed by atoms with van der Waals surface area (Å²) in [7, 11) is 0. The van der Waals surface area contributed by atoms with Crippen LogP contribution < -0.4 is 16.0 Å². The minimum absolute atomic E-state index is 0.0549. The first kappa shape index (κ1) is 17.1. The Morgan fingerprint density at radius 3 is 2.52 bits per heavy atom. The van der Waals surface area contributed by atoms with Crippen molar-refractivity contribution in [1.82, 2.24) is 20.2 Å². The molecule has 1 saturated heterocycles. The third-order valence-electron chi connectivity index (χ3n) is 3.91. The third-order valence-corrected chi connectivity index (χ3v) is 3.91. The molecule has 2 amide bonds. The van der Waals surface area contributed by atoms with Crippen LogP contribution in [0, 0.1) is 5.92 Å². The van der Waals surface area contributed by atoms with Crippen molar-refractivity contribution in [2.75, 3.05) is 44.2 Å². The lowest BCUT2D eigenvalue weighted by Crippen LogP contribution is -2.49. The van der Waals surface area contributed by atoms with Gasteiger partial charge >= 0.3 is 0 Å². The highest BCUT2D eigenvalue weighted by atomic mass is 16.2. The summed E-state index contributed by atoms with van der Waals surface area (Å²) in [5.41, 5.74) is 5.43. The number of anilines is 1. The van der Waals surface area contributed by atoms with Gasteiger partial charge in [0.1, 0.15) is 0 Å². The topological polar surface area (TPSA) is 104 Å². The van der Waals surface area contributed by atoms with Crippen molar-refractivity contribution >= 4 is 17.8 Å². The Morgan fingerprint density at radius 2 is 1.91 bits per heavy atom. The minimum Gasteiger partial charge on any atom is -0.355 e. The maximum Gasteiger partial charge on any atom is 0.225 e. The highest BCUT2D eigenvalue weighted by Gasteiger charge is 2.22. The molecule has 126 valence electrons. The second kappa shape index (κ2) is 8.42. The first-order valence-corrected chi connectivity index (χ1v) is 7.89. The average Bonchev–Trinajstić information content (AvgIpc) is 2.61. The van der Waals surface area contributed by atoms with Crippen LogP contribution in [-0.2, 0) is 9.59 Å². The maximum absolute atomic E-state index is 12.2. The normalized spacial score (nSPS) is 16.1. The molecule has 0 aliphatic carbocycles. The highest BCUT2D eigenvalue weighted by Crippen LogP contribution is 2.10. The van der Waals surface area contributed by atoms with Gasteiger partial charge in [0.2, 0.25) is 17.8 Å². The SMILES string of the molecule is CC(CN)C(=O)NCCC(=O)N1CCN(c2ncccn2)CC1. The van der Waals surface area contributed by atoms with Gasteiger partial charge in [-0.3, -0.25) is 9.59 Å². The molecule has 0 bridgehead atoms. The molecule has 2 rings (SSSR count). The predicted molar refractivity (Wildman–Crippen MR) is 86.7 cm³/mol. The van der Waals surface area contributed by atoms with Gasteiger partial charge in [0.25, 0.3) is 0 Å². The van der Waals surface area contributed by atoms with Crippen LogP contribution in [0.2, 0.25) is 0 Å². The molecule has 0 saturated carbocycles. The van der Waals surface area contributed by atoms with Crippen LogP contribution in [-0.4, -0.2) is 66.0 Å². The standard InChI is InChI=1S/C15H24N6O2/c1-12(11-16)14(23)17-6-3-13(22)20-7-9-21(10-8-20)15-18-4-2-5-19-15/h2,4-5,12H,3,6-11,16H2,1H3,(H,17,23). The van der Waals surface area contributed by atoms with E-state index in [-0.39, 0.29) is 17.7 Å². The fourth-order valence-corrected chi connectivity index (χ4v) is 2.34. The first-order chi connectivity index (χ1) is 11.1. The second-order valence-corrected chi connectivity index (χ2v) is 5.59. The molecule has 8 heteroatoms. The molecule has 23 heavy (non-hydrogen) atoms. The van der Waals surface area contributed by atoms with Gasteiger partial charge in [-0.1, -0.05) is 6.92 Å². The Bertz CT molecular complexity index is 516. The zero-order chi connectivity index (χ0) is 16.7. The summed E-state index contributed by atoms with van der Waals surface area (Å²) in [6, 6.07) is 1.78. The second-order valence-electron chi connectivity index (χ2n) is 5.59. The molecule has 1 aliphatic heterocycles. The van der Waals surface area contributed by atoms with Gasteiger partial charge in [-0.25, -0.2) is 9.97 Å². The number of nitrogens with two attached hydrogens (primary N) is 1. The van der Waals surface area contributed by atoms with E-state index in [9.17, 15) is 9.59 Å². The lowest BCUT2D eigenvalue weighted by molar-refractivity contribution is -0.131. The highest BCUT2D eigenvalue weighted by molar-refractivity contribution is 5.80. The van der Waals surface area contributed by atoms with Gasteiger partial charge in [-0.2, -0.15) is 0 Å². The fourth-order valence-electron chi connectivity index (χ4n) is 2.34. The zero-order valence-corrected chi connectivity index (χ0v) is 13.4. The number of amides is 2. The van der Waals surface area contributed by atoms with Gasteiger partial charge in [0, 0.05) is 64.0 Å². The van der Waals surface area contributed by atoms with Crippen molar-refractivity contribution in [3.63, 3.8) is 0 Å². The largest absolute Gasteiger partial charge is 0.355 e. The molecule has 1 fully saturated rings. The molecule has 1 aromatic rings. The van der Waals surface area contributed by atoms with E-state index in [1.165, 1.54) is 0 Å². The van der Waals surface area contributed by atoms with Gasteiger partial charge in [-0.15, -0.1) is 0 Å². The van der Waals surface area contributed by atoms with Crippen molar-refractivity contribution in [2.24, 2.45) is 11.7 Å². The van der Waals surface area contributed by atoms with Gasteiger partial charge < -0.3 is 20.9 Å². The van der Waals surface area contributed by atoms with Crippen LogP contribution in [0.15, 0.2) is 18.5 Å². The fraction of sp³-hybridized carbons (Fsp3) is 0.600. The number of nitrogens with one attached hydrogen (secondary N) is 1. The Balaban J connectivity index is 1.70. The Morgan fingerprint density at radius 1 is 1.26 bits per heavy atom. The number of nitrogens with zero attached hydrogens (tertiary/aromatic N) is 4. The average molecular weight is 320 g/mol. The van der Waals surface area contributed by atoms with E-state index in [4.69, 9.17) is 5.73 Å². The lowest BCUT2D eigenvalue weighted by Gasteiger charge is -2.34. The van der Waals surface area contributed by atoms with Gasteiger partial charge in [0.05, 0.1) is 0 Å². The molecule has 1 aromatic heterocycles. The van der Waals surface area contributed by atoms with Crippen LogP contribution in [0.25, 0.3) is 0 Å².